The van der Waals surface area contributed by atoms with Crippen molar-refractivity contribution >= 4 is 0 Å². The maximum Gasteiger partial charge on any atom is 0.100 e. The summed E-state index contributed by atoms with van der Waals surface area (Å²) in [6.07, 6.45) is 8.00. The quantitative estimate of drug-likeness (QED) is 0.679. The van der Waals surface area contributed by atoms with Gasteiger partial charge >= 0.3 is 0 Å². The van der Waals surface area contributed by atoms with E-state index in [9.17, 15) is 0 Å². The summed E-state index contributed by atoms with van der Waals surface area (Å²) in [7, 11) is 0. The van der Waals surface area contributed by atoms with Crippen molar-refractivity contribution in [2.45, 2.75) is 18.4 Å². The predicted octanol–water partition coefficient (Wildman–Crippen LogP) is 3.43. The van der Waals surface area contributed by atoms with Crippen LogP contribution in [0.25, 0.3) is 0 Å². The van der Waals surface area contributed by atoms with Crippen LogP contribution in [0.1, 0.15) is 18.4 Å². The lowest BCUT2D eigenvalue weighted by Gasteiger charge is -2.34. The first-order valence-corrected chi connectivity index (χ1v) is 5.33. The molecule has 0 saturated carbocycles. The molecule has 0 aromatic heterocycles. The highest BCUT2D eigenvalue weighted by Gasteiger charge is 2.31. The standard InChI is InChI=1S/C14H16O/c1-2-10-14(11-6-7-12-15-14)13-8-4-3-5-9-13/h2-9H,1,10-12H2/t14-/m1/s1. The zero-order valence-corrected chi connectivity index (χ0v) is 8.86. The molecule has 0 radical (unpaired) electrons. The summed E-state index contributed by atoms with van der Waals surface area (Å²) >= 11 is 0. The highest BCUT2D eigenvalue weighted by atomic mass is 16.5. The summed E-state index contributed by atoms with van der Waals surface area (Å²) in [6.45, 7) is 4.52. The predicted molar refractivity (Wildman–Crippen MR) is 62.6 cm³/mol. The molecular formula is C14H16O. The van der Waals surface area contributed by atoms with E-state index < -0.39 is 0 Å². The van der Waals surface area contributed by atoms with Gasteiger partial charge in [-0.2, -0.15) is 0 Å². The molecule has 1 heterocycles. The number of rotatable bonds is 3. The first-order chi connectivity index (χ1) is 7.37. The van der Waals surface area contributed by atoms with E-state index in [1.165, 1.54) is 5.56 Å². The molecule has 0 bridgehead atoms. The van der Waals surface area contributed by atoms with E-state index in [0.29, 0.717) is 6.61 Å². The molecule has 0 amide bonds. The minimum absolute atomic E-state index is 0.183. The Kier molecular flexibility index (Phi) is 3.02. The fraction of sp³-hybridized carbons (Fsp3) is 0.286. The third-order valence-electron chi connectivity index (χ3n) is 2.84. The van der Waals surface area contributed by atoms with Gasteiger partial charge < -0.3 is 4.74 Å². The molecule has 78 valence electrons. The summed E-state index contributed by atoms with van der Waals surface area (Å²) in [5.74, 6) is 0. The second-order valence-corrected chi connectivity index (χ2v) is 3.84. The van der Waals surface area contributed by atoms with Gasteiger partial charge in [-0.1, -0.05) is 48.6 Å². The molecule has 1 atom stereocenters. The summed E-state index contributed by atoms with van der Waals surface area (Å²) in [4.78, 5) is 0. The zero-order chi connectivity index (χ0) is 10.6. The van der Waals surface area contributed by atoms with Gasteiger partial charge in [0.05, 0.1) is 6.61 Å². The van der Waals surface area contributed by atoms with E-state index in [1.807, 2.05) is 12.1 Å². The van der Waals surface area contributed by atoms with Crippen LogP contribution >= 0.6 is 0 Å². The van der Waals surface area contributed by atoms with E-state index in [1.54, 1.807) is 0 Å². The van der Waals surface area contributed by atoms with Crippen LogP contribution in [0.15, 0.2) is 55.1 Å². The molecule has 1 aromatic rings. The lowest BCUT2D eigenvalue weighted by Crippen LogP contribution is -2.31. The van der Waals surface area contributed by atoms with E-state index >= 15 is 0 Å². The minimum Gasteiger partial charge on any atom is -0.366 e. The third kappa shape index (κ3) is 2.02. The Morgan fingerprint density at radius 1 is 1.27 bits per heavy atom. The topological polar surface area (TPSA) is 9.23 Å². The Balaban J connectivity index is 2.34. The molecule has 1 aliphatic rings. The Bertz CT molecular complexity index is 353. The fourth-order valence-electron chi connectivity index (χ4n) is 2.04. The Hall–Kier alpha value is -1.34. The first-order valence-electron chi connectivity index (χ1n) is 5.33. The van der Waals surface area contributed by atoms with Crippen molar-refractivity contribution in [3.05, 3.63) is 60.7 Å². The molecule has 0 N–H and O–H groups in total. The van der Waals surface area contributed by atoms with Crippen molar-refractivity contribution in [1.29, 1.82) is 0 Å². The number of ether oxygens (including phenoxy) is 1. The van der Waals surface area contributed by atoms with Crippen LogP contribution < -0.4 is 0 Å². The largest absolute Gasteiger partial charge is 0.366 e. The van der Waals surface area contributed by atoms with Crippen molar-refractivity contribution in [3.63, 3.8) is 0 Å². The van der Waals surface area contributed by atoms with Gasteiger partial charge in [0.1, 0.15) is 5.60 Å². The van der Waals surface area contributed by atoms with Crippen LogP contribution in [0, 0.1) is 0 Å². The van der Waals surface area contributed by atoms with Crippen LogP contribution in [-0.4, -0.2) is 6.61 Å². The number of hydrogen-bond donors (Lipinski definition) is 0. The molecule has 1 aromatic carbocycles. The molecule has 0 spiro atoms. The summed E-state index contributed by atoms with van der Waals surface area (Å²) < 4.78 is 5.93. The van der Waals surface area contributed by atoms with Crippen LogP contribution in [0.3, 0.4) is 0 Å². The molecular weight excluding hydrogens is 184 g/mol. The maximum atomic E-state index is 5.93. The van der Waals surface area contributed by atoms with Crippen molar-refractivity contribution < 1.29 is 4.74 Å². The number of hydrogen-bond acceptors (Lipinski definition) is 1. The molecule has 1 heteroatoms. The van der Waals surface area contributed by atoms with Crippen molar-refractivity contribution in [2.24, 2.45) is 0 Å². The van der Waals surface area contributed by atoms with E-state index in [-0.39, 0.29) is 5.60 Å². The van der Waals surface area contributed by atoms with Crippen molar-refractivity contribution in [1.82, 2.24) is 0 Å². The van der Waals surface area contributed by atoms with Gasteiger partial charge in [0, 0.05) is 0 Å². The minimum atomic E-state index is -0.183. The van der Waals surface area contributed by atoms with Crippen LogP contribution in [0.2, 0.25) is 0 Å². The maximum absolute atomic E-state index is 5.93. The Labute approximate surface area is 91.1 Å². The fourth-order valence-corrected chi connectivity index (χ4v) is 2.04. The lowest BCUT2D eigenvalue weighted by atomic mass is 9.86. The van der Waals surface area contributed by atoms with Gasteiger partial charge in [0.25, 0.3) is 0 Å². The van der Waals surface area contributed by atoms with Crippen LogP contribution in [-0.2, 0) is 10.3 Å². The molecule has 0 fully saturated rings. The average molecular weight is 200 g/mol. The van der Waals surface area contributed by atoms with E-state index in [2.05, 4.69) is 43.0 Å². The van der Waals surface area contributed by atoms with Gasteiger partial charge in [-0.15, -0.1) is 6.58 Å². The van der Waals surface area contributed by atoms with Gasteiger partial charge in [-0.25, -0.2) is 0 Å². The van der Waals surface area contributed by atoms with Crippen LogP contribution in [0.5, 0.6) is 0 Å². The Morgan fingerprint density at radius 3 is 2.67 bits per heavy atom. The monoisotopic (exact) mass is 200 g/mol. The first kappa shape index (κ1) is 10.2. The zero-order valence-electron chi connectivity index (χ0n) is 8.86. The van der Waals surface area contributed by atoms with Crippen molar-refractivity contribution in [2.75, 3.05) is 6.61 Å². The highest BCUT2D eigenvalue weighted by Crippen LogP contribution is 2.35. The molecule has 2 rings (SSSR count). The highest BCUT2D eigenvalue weighted by molar-refractivity contribution is 5.25. The molecule has 0 unspecified atom stereocenters. The smallest absolute Gasteiger partial charge is 0.100 e. The van der Waals surface area contributed by atoms with Gasteiger partial charge in [0.15, 0.2) is 0 Å². The average Bonchev–Trinajstić information content (AvgIpc) is 2.32. The Morgan fingerprint density at radius 2 is 2.07 bits per heavy atom. The normalized spacial score (nSPS) is 25.1. The van der Waals surface area contributed by atoms with E-state index in [0.717, 1.165) is 12.8 Å². The van der Waals surface area contributed by atoms with Crippen molar-refractivity contribution in [3.8, 4) is 0 Å². The second kappa shape index (κ2) is 4.45. The molecule has 0 aliphatic carbocycles. The third-order valence-corrected chi connectivity index (χ3v) is 2.84. The van der Waals surface area contributed by atoms with Gasteiger partial charge in [-0.05, 0) is 18.4 Å². The summed E-state index contributed by atoms with van der Waals surface area (Å²) in [5, 5.41) is 0. The van der Waals surface area contributed by atoms with Gasteiger partial charge in [-0.3, -0.25) is 0 Å². The SMILES string of the molecule is C=CC[C@]1(c2ccccc2)CC=CCO1. The van der Waals surface area contributed by atoms with E-state index in [4.69, 9.17) is 4.74 Å². The molecule has 15 heavy (non-hydrogen) atoms. The van der Waals surface area contributed by atoms with Gasteiger partial charge in [0.2, 0.25) is 0 Å². The molecule has 0 saturated heterocycles. The molecule has 1 nitrogen and oxygen atoms in total. The summed E-state index contributed by atoms with van der Waals surface area (Å²) in [6, 6.07) is 10.4. The van der Waals surface area contributed by atoms with Crippen LogP contribution in [0.4, 0.5) is 0 Å². The molecule has 1 aliphatic heterocycles. The lowest BCUT2D eigenvalue weighted by molar-refractivity contribution is -0.0393. The summed E-state index contributed by atoms with van der Waals surface area (Å²) in [5.41, 5.74) is 1.06. The number of benzene rings is 1. The second-order valence-electron chi connectivity index (χ2n) is 3.84.